The van der Waals surface area contributed by atoms with E-state index in [1.54, 1.807) is 6.20 Å². The maximum atomic E-state index is 5.56. The molecule has 0 bridgehead atoms. The number of hydrogen-bond acceptors (Lipinski definition) is 5. The molecule has 0 radical (unpaired) electrons. The molecule has 1 aliphatic rings. The zero-order valence-corrected chi connectivity index (χ0v) is 10.1. The molecule has 1 atom stereocenters. The molecule has 1 saturated heterocycles. The molecule has 1 fully saturated rings. The molecule has 0 aromatic carbocycles. The van der Waals surface area contributed by atoms with Crippen molar-refractivity contribution in [2.75, 3.05) is 43.5 Å². The third-order valence-corrected chi connectivity index (χ3v) is 2.54. The molecule has 0 spiro atoms. The van der Waals surface area contributed by atoms with Crippen LogP contribution in [0, 0.1) is 0 Å². The summed E-state index contributed by atoms with van der Waals surface area (Å²) in [7, 11) is 0. The van der Waals surface area contributed by atoms with Crippen LogP contribution in [0.1, 0.15) is 6.92 Å². The van der Waals surface area contributed by atoms with Crippen LogP contribution in [0.4, 0.5) is 11.5 Å². The number of rotatable bonds is 5. The van der Waals surface area contributed by atoms with Gasteiger partial charge >= 0.3 is 0 Å². The van der Waals surface area contributed by atoms with E-state index in [1.165, 1.54) is 0 Å². The molecule has 94 valence electrons. The maximum Gasteiger partial charge on any atom is 0.127 e. The number of anilines is 2. The van der Waals surface area contributed by atoms with E-state index in [0.717, 1.165) is 24.6 Å². The van der Waals surface area contributed by atoms with Crippen molar-refractivity contribution in [3.63, 3.8) is 0 Å². The Labute approximate surface area is 102 Å². The number of hydrogen-bond donors (Lipinski definition) is 2. The van der Waals surface area contributed by atoms with E-state index in [0.29, 0.717) is 19.8 Å². The second-order valence-electron chi connectivity index (χ2n) is 3.91. The van der Waals surface area contributed by atoms with Crippen LogP contribution in [-0.4, -0.2) is 44.0 Å². The first-order valence-corrected chi connectivity index (χ1v) is 6.01. The Balaban J connectivity index is 1.83. The van der Waals surface area contributed by atoms with E-state index >= 15 is 0 Å². The lowest BCUT2D eigenvalue weighted by Crippen LogP contribution is -2.34. The zero-order chi connectivity index (χ0) is 11.9. The van der Waals surface area contributed by atoms with Crippen LogP contribution in [0.3, 0.4) is 0 Å². The minimum atomic E-state index is 0.138. The molecule has 17 heavy (non-hydrogen) atoms. The number of nitrogens with zero attached hydrogens (tertiary/aromatic N) is 1. The molecule has 1 aromatic heterocycles. The number of nitrogens with one attached hydrogen (secondary N) is 2. The summed E-state index contributed by atoms with van der Waals surface area (Å²) >= 11 is 0. The molecule has 1 aliphatic heterocycles. The first-order valence-electron chi connectivity index (χ1n) is 6.01. The van der Waals surface area contributed by atoms with Crippen LogP contribution in [0.2, 0.25) is 0 Å². The summed E-state index contributed by atoms with van der Waals surface area (Å²) in [5, 5.41) is 6.51. The Morgan fingerprint density at radius 2 is 2.35 bits per heavy atom. The molecular formula is C12H19N3O2. The van der Waals surface area contributed by atoms with Crippen LogP contribution in [0.15, 0.2) is 18.3 Å². The molecular weight excluding hydrogens is 218 g/mol. The molecule has 0 saturated carbocycles. The van der Waals surface area contributed by atoms with E-state index in [-0.39, 0.29) is 6.10 Å². The molecule has 2 heterocycles. The lowest BCUT2D eigenvalue weighted by molar-refractivity contribution is -0.0818. The summed E-state index contributed by atoms with van der Waals surface area (Å²) in [6.07, 6.45) is 1.93. The highest BCUT2D eigenvalue weighted by Crippen LogP contribution is 2.12. The smallest absolute Gasteiger partial charge is 0.127 e. The van der Waals surface area contributed by atoms with Gasteiger partial charge in [0.15, 0.2) is 0 Å². The number of pyridine rings is 1. The largest absolute Gasteiger partial charge is 0.382 e. The summed E-state index contributed by atoms with van der Waals surface area (Å²) in [4.78, 5) is 4.22. The van der Waals surface area contributed by atoms with Gasteiger partial charge in [0.1, 0.15) is 5.82 Å². The molecule has 2 N–H and O–H groups in total. The summed E-state index contributed by atoms with van der Waals surface area (Å²) < 4.78 is 10.9. The van der Waals surface area contributed by atoms with Crippen molar-refractivity contribution < 1.29 is 9.47 Å². The van der Waals surface area contributed by atoms with E-state index in [4.69, 9.17) is 9.47 Å². The van der Waals surface area contributed by atoms with E-state index < -0.39 is 0 Å². The van der Waals surface area contributed by atoms with Gasteiger partial charge in [-0.1, -0.05) is 0 Å². The Kier molecular flexibility index (Phi) is 4.58. The van der Waals surface area contributed by atoms with Crippen molar-refractivity contribution in [2.45, 2.75) is 13.0 Å². The van der Waals surface area contributed by atoms with Gasteiger partial charge < -0.3 is 20.1 Å². The lowest BCUT2D eigenvalue weighted by atomic mass is 10.3. The van der Waals surface area contributed by atoms with Gasteiger partial charge in [0.05, 0.1) is 25.9 Å². The second kappa shape index (κ2) is 6.42. The SMILES string of the molecule is CCNc1cc(NCC2COCCO2)ccn1. The van der Waals surface area contributed by atoms with Gasteiger partial charge in [0, 0.05) is 31.0 Å². The highest BCUT2D eigenvalue weighted by Gasteiger charge is 2.13. The Morgan fingerprint density at radius 1 is 1.41 bits per heavy atom. The zero-order valence-electron chi connectivity index (χ0n) is 10.1. The first-order chi connectivity index (χ1) is 8.38. The molecule has 5 heteroatoms. The summed E-state index contributed by atoms with van der Waals surface area (Å²) in [6.45, 7) is 5.74. The van der Waals surface area contributed by atoms with Gasteiger partial charge in [-0.3, -0.25) is 0 Å². The van der Waals surface area contributed by atoms with Crippen LogP contribution >= 0.6 is 0 Å². The van der Waals surface area contributed by atoms with Crippen LogP contribution in [-0.2, 0) is 9.47 Å². The lowest BCUT2D eigenvalue weighted by Gasteiger charge is -2.23. The van der Waals surface area contributed by atoms with Crippen molar-refractivity contribution in [1.29, 1.82) is 0 Å². The number of aromatic nitrogens is 1. The van der Waals surface area contributed by atoms with Crippen molar-refractivity contribution in [3.05, 3.63) is 18.3 Å². The van der Waals surface area contributed by atoms with E-state index in [2.05, 4.69) is 22.5 Å². The van der Waals surface area contributed by atoms with Crippen molar-refractivity contribution in [3.8, 4) is 0 Å². The van der Waals surface area contributed by atoms with Crippen molar-refractivity contribution in [1.82, 2.24) is 4.98 Å². The van der Waals surface area contributed by atoms with Gasteiger partial charge in [-0.15, -0.1) is 0 Å². The quantitative estimate of drug-likeness (QED) is 0.809. The summed E-state index contributed by atoms with van der Waals surface area (Å²) in [6, 6.07) is 3.94. The highest BCUT2D eigenvalue weighted by molar-refractivity contribution is 5.51. The molecule has 1 unspecified atom stereocenters. The second-order valence-corrected chi connectivity index (χ2v) is 3.91. The Morgan fingerprint density at radius 3 is 3.12 bits per heavy atom. The minimum absolute atomic E-state index is 0.138. The topological polar surface area (TPSA) is 55.4 Å². The minimum Gasteiger partial charge on any atom is -0.382 e. The summed E-state index contributed by atoms with van der Waals surface area (Å²) in [5.74, 6) is 0.887. The van der Waals surface area contributed by atoms with E-state index in [1.807, 2.05) is 12.1 Å². The highest BCUT2D eigenvalue weighted by atomic mass is 16.6. The summed E-state index contributed by atoms with van der Waals surface area (Å²) in [5.41, 5.74) is 1.05. The monoisotopic (exact) mass is 237 g/mol. The standard InChI is InChI=1S/C12H19N3O2/c1-2-13-12-7-10(3-4-14-12)15-8-11-9-16-5-6-17-11/h3-4,7,11H,2,5-6,8-9H2,1H3,(H2,13,14,15). The maximum absolute atomic E-state index is 5.56. The van der Waals surface area contributed by atoms with Gasteiger partial charge in [0.2, 0.25) is 0 Å². The predicted molar refractivity (Wildman–Crippen MR) is 67.4 cm³/mol. The third-order valence-electron chi connectivity index (χ3n) is 2.54. The predicted octanol–water partition coefficient (Wildman–Crippen LogP) is 1.34. The molecule has 0 amide bonds. The van der Waals surface area contributed by atoms with Gasteiger partial charge in [-0.25, -0.2) is 4.98 Å². The van der Waals surface area contributed by atoms with Crippen molar-refractivity contribution in [2.24, 2.45) is 0 Å². The van der Waals surface area contributed by atoms with Crippen LogP contribution in [0.25, 0.3) is 0 Å². The third kappa shape index (κ3) is 3.87. The Hall–Kier alpha value is -1.33. The fourth-order valence-corrected chi connectivity index (χ4v) is 1.70. The molecule has 2 rings (SSSR count). The van der Waals surface area contributed by atoms with Crippen LogP contribution < -0.4 is 10.6 Å². The average Bonchev–Trinajstić information content (AvgIpc) is 2.39. The van der Waals surface area contributed by atoms with Gasteiger partial charge in [-0.05, 0) is 13.0 Å². The van der Waals surface area contributed by atoms with Crippen LogP contribution in [0.5, 0.6) is 0 Å². The molecule has 0 aliphatic carbocycles. The van der Waals surface area contributed by atoms with Gasteiger partial charge in [-0.2, -0.15) is 0 Å². The average molecular weight is 237 g/mol. The number of ether oxygens (including phenoxy) is 2. The fourth-order valence-electron chi connectivity index (χ4n) is 1.70. The molecule has 5 nitrogen and oxygen atoms in total. The van der Waals surface area contributed by atoms with Crippen molar-refractivity contribution >= 4 is 11.5 Å². The molecule has 1 aromatic rings. The fraction of sp³-hybridized carbons (Fsp3) is 0.583. The Bertz CT molecular complexity index is 340. The first kappa shape index (κ1) is 12.1. The normalized spacial score (nSPS) is 19.9. The van der Waals surface area contributed by atoms with E-state index in [9.17, 15) is 0 Å². The van der Waals surface area contributed by atoms with Gasteiger partial charge in [0.25, 0.3) is 0 Å².